The zero-order chi connectivity index (χ0) is 24.7. The number of pyridine rings is 1. The molecule has 4 aromatic rings. The number of aromatic nitrogens is 6. The predicted molar refractivity (Wildman–Crippen MR) is 129 cm³/mol. The first kappa shape index (κ1) is 22.3. The highest BCUT2D eigenvalue weighted by atomic mass is 16.4. The number of hydrogen-bond acceptors (Lipinski definition) is 7. The fourth-order valence-electron chi connectivity index (χ4n) is 4.61. The first-order chi connectivity index (χ1) is 16.9. The summed E-state index contributed by atoms with van der Waals surface area (Å²) in [6.07, 6.45) is 8.61. The summed E-state index contributed by atoms with van der Waals surface area (Å²) in [5, 5.41) is 27.6. The molecule has 5 rings (SSSR count). The molecule has 0 saturated carbocycles. The van der Waals surface area contributed by atoms with Crippen molar-refractivity contribution >= 4 is 17.4 Å². The Kier molecular flexibility index (Phi) is 5.56. The van der Waals surface area contributed by atoms with Crippen molar-refractivity contribution in [1.82, 2.24) is 34.3 Å². The van der Waals surface area contributed by atoms with Crippen LogP contribution in [0.15, 0.2) is 43.1 Å². The highest BCUT2D eigenvalue weighted by molar-refractivity contribution is 5.83. The number of carbonyl (C=O) groups is 1. The van der Waals surface area contributed by atoms with Gasteiger partial charge in [-0.2, -0.15) is 15.5 Å². The molecule has 1 N–H and O–H groups in total. The molecule has 0 radical (unpaired) electrons. The van der Waals surface area contributed by atoms with Gasteiger partial charge in [0, 0.05) is 50.7 Å². The Labute approximate surface area is 201 Å². The van der Waals surface area contributed by atoms with E-state index in [0.29, 0.717) is 29.0 Å². The van der Waals surface area contributed by atoms with Crippen molar-refractivity contribution in [3.8, 4) is 28.6 Å². The molecular formula is C24H25N9O2. The molecule has 2 atom stereocenters. The molecule has 1 amide bonds. The van der Waals surface area contributed by atoms with Crippen LogP contribution in [0.2, 0.25) is 0 Å². The van der Waals surface area contributed by atoms with E-state index in [2.05, 4.69) is 33.1 Å². The van der Waals surface area contributed by atoms with Gasteiger partial charge in [-0.3, -0.25) is 4.68 Å². The van der Waals surface area contributed by atoms with E-state index in [9.17, 15) is 15.2 Å². The van der Waals surface area contributed by atoms with Gasteiger partial charge < -0.3 is 14.9 Å². The lowest BCUT2D eigenvalue weighted by atomic mass is 9.92. The molecule has 0 bridgehead atoms. The number of anilines is 1. The van der Waals surface area contributed by atoms with Gasteiger partial charge >= 0.3 is 6.09 Å². The van der Waals surface area contributed by atoms with E-state index in [1.54, 1.807) is 34.8 Å². The van der Waals surface area contributed by atoms with E-state index in [1.807, 2.05) is 25.4 Å². The molecular weight excluding hydrogens is 446 g/mol. The van der Waals surface area contributed by atoms with Gasteiger partial charge in [0.25, 0.3) is 0 Å². The Balaban J connectivity index is 1.51. The Morgan fingerprint density at radius 2 is 2.03 bits per heavy atom. The second-order valence-corrected chi connectivity index (χ2v) is 8.92. The summed E-state index contributed by atoms with van der Waals surface area (Å²) in [5.74, 6) is 1.04. The van der Waals surface area contributed by atoms with Crippen molar-refractivity contribution in [2.45, 2.75) is 19.4 Å². The number of fused-ring (bicyclic) bond motifs is 1. The molecule has 1 aliphatic rings. The number of rotatable bonds is 4. The van der Waals surface area contributed by atoms with Crippen LogP contribution in [0.5, 0.6) is 0 Å². The molecule has 11 heteroatoms. The van der Waals surface area contributed by atoms with E-state index in [4.69, 9.17) is 4.98 Å². The Hall–Kier alpha value is -4.46. The molecule has 1 aliphatic heterocycles. The molecule has 1 saturated heterocycles. The number of amides is 1. The highest BCUT2D eigenvalue weighted by Crippen LogP contribution is 2.30. The summed E-state index contributed by atoms with van der Waals surface area (Å²) in [4.78, 5) is 24.5. The van der Waals surface area contributed by atoms with Gasteiger partial charge in [-0.25, -0.2) is 19.3 Å². The molecule has 0 unspecified atom stereocenters. The quantitative estimate of drug-likeness (QED) is 0.481. The van der Waals surface area contributed by atoms with Crippen molar-refractivity contribution in [3.63, 3.8) is 0 Å². The summed E-state index contributed by atoms with van der Waals surface area (Å²) in [6, 6.07) is 5.94. The van der Waals surface area contributed by atoms with Crippen LogP contribution in [0.3, 0.4) is 0 Å². The van der Waals surface area contributed by atoms with E-state index in [0.717, 1.165) is 29.9 Å². The van der Waals surface area contributed by atoms with E-state index < -0.39 is 6.09 Å². The lowest BCUT2D eigenvalue weighted by Gasteiger charge is -2.41. The summed E-state index contributed by atoms with van der Waals surface area (Å²) in [5.41, 5.74) is 3.93. The van der Waals surface area contributed by atoms with Crippen LogP contribution in [-0.4, -0.2) is 71.6 Å². The maximum Gasteiger partial charge on any atom is 0.407 e. The van der Waals surface area contributed by atoms with Crippen LogP contribution in [0.4, 0.5) is 10.6 Å². The van der Waals surface area contributed by atoms with Gasteiger partial charge in [-0.1, -0.05) is 6.92 Å². The molecule has 35 heavy (non-hydrogen) atoms. The average Bonchev–Trinajstić information content (AvgIpc) is 3.49. The largest absolute Gasteiger partial charge is 0.465 e. The third-order valence-electron chi connectivity index (χ3n) is 6.68. The van der Waals surface area contributed by atoms with Crippen molar-refractivity contribution < 1.29 is 9.90 Å². The van der Waals surface area contributed by atoms with Crippen molar-refractivity contribution in [1.29, 1.82) is 5.26 Å². The number of aryl methyl sites for hydroxylation is 1. The third-order valence-corrected chi connectivity index (χ3v) is 6.68. The summed E-state index contributed by atoms with van der Waals surface area (Å²) in [6.45, 7) is 3.47. The van der Waals surface area contributed by atoms with Crippen LogP contribution < -0.4 is 4.90 Å². The lowest BCUT2D eigenvalue weighted by Crippen LogP contribution is -2.52. The van der Waals surface area contributed by atoms with Gasteiger partial charge in [-0.05, 0) is 24.5 Å². The molecule has 0 spiro atoms. The van der Waals surface area contributed by atoms with Crippen LogP contribution in [0, 0.1) is 17.2 Å². The average molecular weight is 472 g/mol. The number of carboxylic acid groups (broad SMARTS) is 1. The number of likely N-dealkylation sites (N-methyl/N-ethyl adjacent to an activating group) is 1. The molecule has 0 aromatic carbocycles. The standard InChI is InChI=1S/C24H25N9O2/c1-15-6-7-32(14-20(15)31(3)24(34)35)21-5-4-16(9-26-21)22-23-17(8-25)10-28-33(23)13-19(29-22)18-11-27-30(2)12-18/h4-5,9-13,15,20H,6-7,14H2,1-3H3,(H,34,35)/t15-,20+/m0/s1. The first-order valence-electron chi connectivity index (χ1n) is 11.3. The summed E-state index contributed by atoms with van der Waals surface area (Å²) in [7, 11) is 3.46. The fraction of sp³-hybridized carbons (Fsp3) is 0.333. The highest BCUT2D eigenvalue weighted by Gasteiger charge is 2.32. The zero-order valence-electron chi connectivity index (χ0n) is 19.7. The van der Waals surface area contributed by atoms with Gasteiger partial charge in [0.1, 0.15) is 23.0 Å². The predicted octanol–water partition coefficient (Wildman–Crippen LogP) is 2.89. The molecule has 0 aliphatic carbocycles. The number of piperidine rings is 1. The first-order valence-corrected chi connectivity index (χ1v) is 11.3. The van der Waals surface area contributed by atoms with Crippen molar-refractivity contribution in [2.75, 3.05) is 25.0 Å². The molecule has 4 aromatic heterocycles. The maximum absolute atomic E-state index is 11.5. The van der Waals surface area contributed by atoms with E-state index in [1.165, 1.54) is 11.1 Å². The minimum absolute atomic E-state index is 0.106. The topological polar surface area (TPSA) is 128 Å². The normalized spacial score (nSPS) is 17.9. The zero-order valence-corrected chi connectivity index (χ0v) is 19.7. The SMILES string of the molecule is C[C@H]1CCN(c2ccc(-c3nc(-c4cnn(C)c4)cn4ncc(C#N)c34)cn2)C[C@H]1N(C)C(=O)O. The van der Waals surface area contributed by atoms with Crippen molar-refractivity contribution in [2.24, 2.45) is 13.0 Å². The number of hydrogen-bond donors (Lipinski definition) is 1. The Bertz CT molecular complexity index is 1430. The molecule has 5 heterocycles. The molecule has 11 nitrogen and oxygen atoms in total. The lowest BCUT2D eigenvalue weighted by molar-refractivity contribution is 0.117. The number of nitrogens with zero attached hydrogens (tertiary/aromatic N) is 9. The maximum atomic E-state index is 11.5. The second kappa shape index (κ2) is 8.72. The van der Waals surface area contributed by atoms with Gasteiger partial charge in [0.2, 0.25) is 0 Å². The summed E-state index contributed by atoms with van der Waals surface area (Å²) >= 11 is 0. The van der Waals surface area contributed by atoms with Gasteiger partial charge in [0.15, 0.2) is 0 Å². The number of nitriles is 1. The van der Waals surface area contributed by atoms with E-state index in [-0.39, 0.29) is 12.0 Å². The third kappa shape index (κ3) is 4.03. The van der Waals surface area contributed by atoms with Crippen molar-refractivity contribution in [3.05, 3.63) is 48.7 Å². The van der Waals surface area contributed by atoms with Crippen LogP contribution in [0.1, 0.15) is 18.9 Å². The minimum atomic E-state index is -0.926. The second-order valence-electron chi connectivity index (χ2n) is 8.92. The van der Waals surface area contributed by atoms with Crippen LogP contribution in [0.25, 0.3) is 28.0 Å². The van der Waals surface area contributed by atoms with Gasteiger partial charge in [0.05, 0.1) is 36.0 Å². The monoisotopic (exact) mass is 471 g/mol. The Morgan fingerprint density at radius 3 is 2.69 bits per heavy atom. The van der Waals surface area contributed by atoms with Crippen LogP contribution >= 0.6 is 0 Å². The smallest absolute Gasteiger partial charge is 0.407 e. The molecule has 178 valence electrons. The fourth-order valence-corrected chi connectivity index (χ4v) is 4.61. The Morgan fingerprint density at radius 1 is 1.20 bits per heavy atom. The summed E-state index contributed by atoms with van der Waals surface area (Å²) < 4.78 is 3.37. The minimum Gasteiger partial charge on any atom is -0.465 e. The van der Waals surface area contributed by atoms with E-state index >= 15 is 0 Å². The van der Waals surface area contributed by atoms with Gasteiger partial charge in [-0.15, -0.1) is 0 Å². The van der Waals surface area contributed by atoms with Crippen LogP contribution in [-0.2, 0) is 7.05 Å². The molecule has 1 fully saturated rings.